The van der Waals surface area contributed by atoms with Crippen molar-refractivity contribution in [1.29, 1.82) is 0 Å². The summed E-state index contributed by atoms with van der Waals surface area (Å²) in [5, 5.41) is 3.08. The Morgan fingerprint density at radius 1 is 1.75 bits per heavy atom. The molecule has 1 heterocycles. The van der Waals surface area contributed by atoms with Gasteiger partial charge in [0.15, 0.2) is 0 Å². The van der Waals surface area contributed by atoms with Gasteiger partial charge in [-0.2, -0.15) is 0 Å². The van der Waals surface area contributed by atoms with Crippen LogP contribution in [0.4, 0.5) is 11.5 Å². The summed E-state index contributed by atoms with van der Waals surface area (Å²) in [5.41, 5.74) is 6.37. The van der Waals surface area contributed by atoms with E-state index >= 15 is 0 Å². The van der Waals surface area contributed by atoms with Gasteiger partial charge in [0.2, 0.25) is 0 Å². The molecule has 1 atom stereocenters. The van der Waals surface area contributed by atoms with Crippen LogP contribution in [0.15, 0.2) is 18.3 Å². The Kier molecular flexibility index (Phi) is 2.54. The molecule has 0 aliphatic rings. The third kappa shape index (κ3) is 2.17. The van der Waals surface area contributed by atoms with E-state index in [4.69, 9.17) is 12.2 Å². The highest BCUT2D eigenvalue weighted by atomic mass is 14.9. The van der Waals surface area contributed by atoms with Crippen LogP contribution >= 0.6 is 0 Å². The molecule has 12 heavy (non-hydrogen) atoms. The van der Waals surface area contributed by atoms with E-state index in [1.54, 1.807) is 12.3 Å². The summed E-state index contributed by atoms with van der Waals surface area (Å²) < 4.78 is 0. The molecular weight excluding hydrogens is 150 g/mol. The molecule has 0 aliphatic heterocycles. The van der Waals surface area contributed by atoms with Crippen LogP contribution in [-0.4, -0.2) is 11.0 Å². The van der Waals surface area contributed by atoms with Gasteiger partial charge in [-0.15, -0.1) is 6.42 Å². The van der Waals surface area contributed by atoms with Crippen LogP contribution in [0.5, 0.6) is 0 Å². The smallest absolute Gasteiger partial charge is 0.125 e. The van der Waals surface area contributed by atoms with Gasteiger partial charge in [-0.1, -0.05) is 5.92 Å². The number of nitrogens with two attached hydrogens (primary N) is 1. The van der Waals surface area contributed by atoms with Crippen molar-refractivity contribution in [3.05, 3.63) is 18.3 Å². The molecule has 0 saturated carbocycles. The largest absolute Gasteiger partial charge is 0.384 e. The molecular formula is C9H11N3. The Balaban J connectivity index is 2.71. The van der Waals surface area contributed by atoms with Crippen LogP contribution in [-0.2, 0) is 0 Å². The second kappa shape index (κ2) is 3.63. The average Bonchev–Trinajstić information content (AvgIpc) is 2.04. The molecule has 3 N–H and O–H groups in total. The fraction of sp³-hybridized carbons (Fsp3) is 0.222. The van der Waals surface area contributed by atoms with E-state index in [0.29, 0.717) is 5.82 Å². The zero-order chi connectivity index (χ0) is 8.97. The highest BCUT2D eigenvalue weighted by Gasteiger charge is 1.96. The van der Waals surface area contributed by atoms with Gasteiger partial charge in [-0.25, -0.2) is 4.98 Å². The van der Waals surface area contributed by atoms with Crippen molar-refractivity contribution < 1.29 is 0 Å². The number of nitrogen functional groups attached to an aromatic ring is 1. The molecule has 3 nitrogen and oxygen atoms in total. The standard InChI is InChI=1S/C9H11N3/c1-3-7(2)12-8-4-5-11-9(10)6-8/h1,4-7H,2H3,(H3,10,11,12). The summed E-state index contributed by atoms with van der Waals surface area (Å²) in [6.45, 7) is 1.90. The summed E-state index contributed by atoms with van der Waals surface area (Å²) in [4.78, 5) is 3.86. The fourth-order valence-electron chi connectivity index (χ4n) is 0.830. The number of anilines is 2. The van der Waals surface area contributed by atoms with E-state index in [0.717, 1.165) is 5.69 Å². The molecule has 0 fully saturated rings. The highest BCUT2D eigenvalue weighted by Crippen LogP contribution is 2.09. The third-order valence-corrected chi connectivity index (χ3v) is 1.41. The zero-order valence-electron chi connectivity index (χ0n) is 6.91. The van der Waals surface area contributed by atoms with Crippen LogP contribution in [0.3, 0.4) is 0 Å². The minimum Gasteiger partial charge on any atom is -0.384 e. The van der Waals surface area contributed by atoms with Crippen LogP contribution in [0.1, 0.15) is 6.92 Å². The maximum atomic E-state index is 5.47. The normalized spacial score (nSPS) is 11.7. The number of nitrogens with zero attached hydrogens (tertiary/aromatic N) is 1. The summed E-state index contributed by atoms with van der Waals surface area (Å²) in [6.07, 6.45) is 6.84. The Hall–Kier alpha value is -1.69. The van der Waals surface area contributed by atoms with Crippen molar-refractivity contribution in [2.24, 2.45) is 0 Å². The van der Waals surface area contributed by atoms with Gasteiger partial charge in [0.25, 0.3) is 0 Å². The molecule has 1 unspecified atom stereocenters. The first-order valence-corrected chi connectivity index (χ1v) is 3.66. The average molecular weight is 161 g/mol. The Labute approximate surface area is 72.0 Å². The van der Waals surface area contributed by atoms with E-state index < -0.39 is 0 Å². The number of hydrogen-bond donors (Lipinski definition) is 2. The van der Waals surface area contributed by atoms with E-state index in [-0.39, 0.29) is 6.04 Å². The molecule has 0 aliphatic carbocycles. The van der Waals surface area contributed by atoms with Crippen LogP contribution in [0.25, 0.3) is 0 Å². The van der Waals surface area contributed by atoms with Crippen LogP contribution in [0.2, 0.25) is 0 Å². The Morgan fingerprint density at radius 2 is 2.50 bits per heavy atom. The third-order valence-electron chi connectivity index (χ3n) is 1.41. The van der Waals surface area contributed by atoms with Gasteiger partial charge >= 0.3 is 0 Å². The van der Waals surface area contributed by atoms with E-state index in [1.807, 2.05) is 13.0 Å². The maximum absolute atomic E-state index is 5.47. The highest BCUT2D eigenvalue weighted by molar-refractivity contribution is 5.51. The molecule has 1 aromatic rings. The first kappa shape index (κ1) is 8.41. The van der Waals surface area contributed by atoms with Gasteiger partial charge in [0.1, 0.15) is 5.82 Å². The number of aromatic nitrogens is 1. The maximum Gasteiger partial charge on any atom is 0.125 e. The molecule has 3 heteroatoms. The second-order valence-electron chi connectivity index (χ2n) is 2.50. The SMILES string of the molecule is C#CC(C)Nc1ccnc(N)c1. The lowest BCUT2D eigenvalue weighted by Crippen LogP contribution is -2.12. The summed E-state index contributed by atoms with van der Waals surface area (Å²) in [7, 11) is 0. The van der Waals surface area contributed by atoms with Crippen molar-refractivity contribution >= 4 is 11.5 Å². The van der Waals surface area contributed by atoms with Crippen LogP contribution in [0, 0.1) is 12.3 Å². The van der Waals surface area contributed by atoms with Gasteiger partial charge < -0.3 is 11.1 Å². The molecule has 1 aromatic heterocycles. The zero-order valence-corrected chi connectivity index (χ0v) is 6.91. The van der Waals surface area contributed by atoms with Crippen LogP contribution < -0.4 is 11.1 Å². The predicted molar refractivity (Wildman–Crippen MR) is 50.6 cm³/mol. The van der Waals surface area contributed by atoms with Gasteiger partial charge in [0, 0.05) is 18.0 Å². The molecule has 0 spiro atoms. The van der Waals surface area contributed by atoms with Crippen molar-refractivity contribution in [2.75, 3.05) is 11.1 Å². The van der Waals surface area contributed by atoms with Crippen molar-refractivity contribution in [2.45, 2.75) is 13.0 Å². The first-order valence-electron chi connectivity index (χ1n) is 3.66. The van der Waals surface area contributed by atoms with Crippen molar-refractivity contribution in [3.63, 3.8) is 0 Å². The Bertz CT molecular complexity index is 301. The van der Waals surface area contributed by atoms with Crippen molar-refractivity contribution in [3.8, 4) is 12.3 Å². The lowest BCUT2D eigenvalue weighted by atomic mass is 10.3. The number of terminal acetylenes is 1. The number of rotatable bonds is 2. The molecule has 0 amide bonds. The summed E-state index contributed by atoms with van der Waals surface area (Å²) >= 11 is 0. The van der Waals surface area contributed by atoms with E-state index in [2.05, 4.69) is 16.2 Å². The topological polar surface area (TPSA) is 50.9 Å². The van der Waals surface area contributed by atoms with Gasteiger partial charge in [0.05, 0.1) is 6.04 Å². The van der Waals surface area contributed by atoms with E-state index in [1.165, 1.54) is 0 Å². The minimum atomic E-state index is 0.00630. The number of pyridine rings is 1. The second-order valence-corrected chi connectivity index (χ2v) is 2.50. The lowest BCUT2D eigenvalue weighted by Gasteiger charge is -2.08. The summed E-state index contributed by atoms with van der Waals surface area (Å²) in [6, 6.07) is 3.57. The number of hydrogen-bond acceptors (Lipinski definition) is 3. The molecule has 0 saturated heterocycles. The quantitative estimate of drug-likeness (QED) is 0.638. The molecule has 62 valence electrons. The van der Waals surface area contributed by atoms with E-state index in [9.17, 15) is 0 Å². The minimum absolute atomic E-state index is 0.00630. The fourth-order valence-corrected chi connectivity index (χ4v) is 0.830. The molecule has 0 aromatic carbocycles. The number of nitrogens with one attached hydrogen (secondary N) is 1. The molecule has 1 rings (SSSR count). The summed E-state index contributed by atoms with van der Waals surface area (Å²) in [5.74, 6) is 3.05. The molecule has 0 radical (unpaired) electrons. The lowest BCUT2D eigenvalue weighted by molar-refractivity contribution is 1.03. The van der Waals surface area contributed by atoms with Gasteiger partial charge in [-0.05, 0) is 13.0 Å². The molecule has 0 bridgehead atoms. The Morgan fingerprint density at radius 3 is 3.08 bits per heavy atom. The van der Waals surface area contributed by atoms with Crippen molar-refractivity contribution in [1.82, 2.24) is 4.98 Å². The first-order chi connectivity index (χ1) is 5.72. The van der Waals surface area contributed by atoms with Gasteiger partial charge in [-0.3, -0.25) is 0 Å². The predicted octanol–water partition coefficient (Wildman–Crippen LogP) is 1.10. The monoisotopic (exact) mass is 161 g/mol.